The maximum absolute atomic E-state index is 11.8. The molecule has 0 aliphatic rings. The van der Waals surface area contributed by atoms with Crippen molar-refractivity contribution in [3.8, 4) is 23.0 Å². The van der Waals surface area contributed by atoms with Gasteiger partial charge in [-0.05, 0) is 24.3 Å². The number of methoxy groups -OCH3 is 3. The van der Waals surface area contributed by atoms with Crippen molar-refractivity contribution in [2.45, 2.75) is 0 Å². The molecule has 132 valence electrons. The molecule has 0 fully saturated rings. The summed E-state index contributed by atoms with van der Waals surface area (Å²) in [6.07, 6.45) is 1.47. The molecule has 0 atom stereocenters. The van der Waals surface area contributed by atoms with Crippen molar-refractivity contribution in [2.24, 2.45) is 5.10 Å². The molecule has 0 heterocycles. The molecule has 7 nitrogen and oxygen atoms in total. The lowest BCUT2D eigenvalue weighted by Gasteiger charge is -2.10. The third kappa shape index (κ3) is 4.87. The highest BCUT2D eigenvalue weighted by Gasteiger charge is 2.08. The molecule has 25 heavy (non-hydrogen) atoms. The normalized spacial score (nSPS) is 10.4. The Labute approximate surface area is 146 Å². The Morgan fingerprint density at radius 2 is 1.64 bits per heavy atom. The second kappa shape index (κ2) is 9.17. The Morgan fingerprint density at radius 1 is 0.960 bits per heavy atom. The number of rotatable bonds is 8. The molecule has 0 radical (unpaired) electrons. The largest absolute Gasteiger partial charge is 0.493 e. The zero-order valence-corrected chi connectivity index (χ0v) is 14.3. The van der Waals surface area contributed by atoms with E-state index in [9.17, 15) is 4.79 Å². The Hall–Kier alpha value is -3.22. The minimum atomic E-state index is -0.399. The van der Waals surface area contributed by atoms with Crippen molar-refractivity contribution in [1.82, 2.24) is 5.43 Å². The van der Waals surface area contributed by atoms with Crippen LogP contribution in [0.25, 0.3) is 0 Å². The highest BCUT2D eigenvalue weighted by Crippen LogP contribution is 2.29. The molecule has 0 aliphatic heterocycles. The first-order chi connectivity index (χ1) is 12.2. The summed E-state index contributed by atoms with van der Waals surface area (Å²) in [5.74, 6) is 1.76. The second-order valence-corrected chi connectivity index (χ2v) is 4.82. The van der Waals surface area contributed by atoms with Crippen LogP contribution >= 0.6 is 0 Å². The first-order valence-electron chi connectivity index (χ1n) is 7.48. The predicted octanol–water partition coefficient (Wildman–Crippen LogP) is 2.24. The number of amides is 1. The smallest absolute Gasteiger partial charge is 0.277 e. The number of hydrazone groups is 1. The average Bonchev–Trinajstić information content (AvgIpc) is 2.66. The van der Waals surface area contributed by atoms with E-state index in [1.54, 1.807) is 43.5 Å². The fourth-order valence-electron chi connectivity index (χ4n) is 2.10. The number of carbonyl (C=O) groups is 1. The number of ether oxygens (including phenoxy) is 4. The Bertz CT molecular complexity index is 746. The summed E-state index contributed by atoms with van der Waals surface area (Å²) >= 11 is 0. The number of hydrogen-bond acceptors (Lipinski definition) is 6. The Morgan fingerprint density at radius 3 is 2.32 bits per heavy atom. The van der Waals surface area contributed by atoms with Crippen LogP contribution in [0.3, 0.4) is 0 Å². The summed E-state index contributed by atoms with van der Waals surface area (Å²) in [5.41, 5.74) is 3.07. The van der Waals surface area contributed by atoms with Gasteiger partial charge in [-0.1, -0.05) is 18.2 Å². The van der Waals surface area contributed by atoms with E-state index in [1.807, 2.05) is 6.07 Å². The topological polar surface area (TPSA) is 78.4 Å². The van der Waals surface area contributed by atoms with Gasteiger partial charge in [-0.15, -0.1) is 0 Å². The van der Waals surface area contributed by atoms with Gasteiger partial charge in [0.1, 0.15) is 0 Å². The van der Waals surface area contributed by atoms with Gasteiger partial charge >= 0.3 is 0 Å². The highest BCUT2D eigenvalue weighted by atomic mass is 16.5. The molecular weight excluding hydrogens is 324 g/mol. The summed E-state index contributed by atoms with van der Waals surface area (Å²) in [5, 5.41) is 3.91. The molecule has 2 aromatic carbocycles. The van der Waals surface area contributed by atoms with E-state index in [4.69, 9.17) is 18.9 Å². The first-order valence-corrected chi connectivity index (χ1v) is 7.48. The second-order valence-electron chi connectivity index (χ2n) is 4.82. The molecule has 0 aliphatic carbocycles. The van der Waals surface area contributed by atoms with Crippen LogP contribution in [-0.4, -0.2) is 40.1 Å². The van der Waals surface area contributed by atoms with E-state index in [0.29, 0.717) is 28.6 Å². The summed E-state index contributed by atoms with van der Waals surface area (Å²) in [4.78, 5) is 11.8. The number of hydrogen-bond donors (Lipinski definition) is 1. The van der Waals surface area contributed by atoms with E-state index in [0.717, 1.165) is 0 Å². The molecular formula is C18H20N2O5. The van der Waals surface area contributed by atoms with Gasteiger partial charge in [-0.25, -0.2) is 5.43 Å². The van der Waals surface area contributed by atoms with Gasteiger partial charge in [-0.3, -0.25) is 4.79 Å². The summed E-state index contributed by atoms with van der Waals surface area (Å²) in [7, 11) is 4.62. The minimum absolute atomic E-state index is 0.188. The lowest BCUT2D eigenvalue weighted by molar-refractivity contribution is -0.123. The van der Waals surface area contributed by atoms with E-state index < -0.39 is 5.91 Å². The van der Waals surface area contributed by atoms with Crippen molar-refractivity contribution >= 4 is 12.1 Å². The summed E-state index contributed by atoms with van der Waals surface area (Å²) < 4.78 is 21.1. The van der Waals surface area contributed by atoms with Crippen LogP contribution in [-0.2, 0) is 4.79 Å². The SMILES string of the molecule is COc1ccccc1OCC(=O)N/N=C/c1cccc(OC)c1OC. The predicted molar refractivity (Wildman–Crippen MR) is 93.8 cm³/mol. The summed E-state index contributed by atoms with van der Waals surface area (Å²) in [6, 6.07) is 12.4. The van der Waals surface area contributed by atoms with Crippen LogP contribution in [0.5, 0.6) is 23.0 Å². The minimum Gasteiger partial charge on any atom is -0.493 e. The number of nitrogens with zero attached hydrogens (tertiary/aromatic N) is 1. The maximum Gasteiger partial charge on any atom is 0.277 e. The molecule has 0 unspecified atom stereocenters. The van der Waals surface area contributed by atoms with E-state index in [-0.39, 0.29) is 6.61 Å². The number of benzene rings is 2. The van der Waals surface area contributed by atoms with Crippen LogP contribution in [0.4, 0.5) is 0 Å². The molecule has 1 N–H and O–H groups in total. The molecule has 2 aromatic rings. The van der Waals surface area contributed by atoms with Crippen LogP contribution in [0, 0.1) is 0 Å². The Balaban J connectivity index is 1.93. The van der Waals surface area contributed by atoms with E-state index in [1.165, 1.54) is 20.4 Å². The standard InChI is InChI=1S/C18H20N2O5/c1-22-14-8-4-5-9-15(14)25-12-17(21)20-19-11-13-7-6-10-16(23-2)18(13)24-3/h4-11H,12H2,1-3H3,(H,20,21)/b19-11+. The van der Waals surface area contributed by atoms with E-state index in [2.05, 4.69) is 10.5 Å². The van der Waals surface area contributed by atoms with Gasteiger partial charge < -0.3 is 18.9 Å². The highest BCUT2D eigenvalue weighted by molar-refractivity contribution is 5.86. The number of carbonyl (C=O) groups excluding carboxylic acids is 1. The third-order valence-electron chi connectivity index (χ3n) is 3.25. The maximum atomic E-state index is 11.8. The molecule has 1 amide bonds. The fraction of sp³-hybridized carbons (Fsp3) is 0.222. The number of nitrogens with one attached hydrogen (secondary N) is 1. The third-order valence-corrected chi connectivity index (χ3v) is 3.25. The van der Waals surface area contributed by atoms with Crippen LogP contribution < -0.4 is 24.4 Å². The molecule has 0 saturated heterocycles. The van der Waals surface area contributed by atoms with Gasteiger partial charge in [0.15, 0.2) is 29.6 Å². The zero-order chi connectivity index (χ0) is 18.1. The molecule has 2 rings (SSSR count). The van der Waals surface area contributed by atoms with Gasteiger partial charge in [0.2, 0.25) is 0 Å². The molecule has 0 spiro atoms. The molecule has 0 bridgehead atoms. The van der Waals surface area contributed by atoms with Gasteiger partial charge in [0, 0.05) is 5.56 Å². The van der Waals surface area contributed by atoms with Crippen molar-refractivity contribution in [3.05, 3.63) is 48.0 Å². The zero-order valence-electron chi connectivity index (χ0n) is 14.3. The van der Waals surface area contributed by atoms with Crippen molar-refractivity contribution in [3.63, 3.8) is 0 Å². The van der Waals surface area contributed by atoms with Crippen LogP contribution in [0.15, 0.2) is 47.6 Å². The number of para-hydroxylation sites is 3. The monoisotopic (exact) mass is 344 g/mol. The average molecular weight is 344 g/mol. The quantitative estimate of drug-likeness (QED) is 0.587. The van der Waals surface area contributed by atoms with Gasteiger partial charge in [0.25, 0.3) is 5.91 Å². The first kappa shape index (κ1) is 18.1. The van der Waals surface area contributed by atoms with E-state index >= 15 is 0 Å². The lowest BCUT2D eigenvalue weighted by Crippen LogP contribution is -2.24. The van der Waals surface area contributed by atoms with Crippen molar-refractivity contribution in [1.29, 1.82) is 0 Å². The molecule has 0 saturated carbocycles. The van der Waals surface area contributed by atoms with Crippen molar-refractivity contribution in [2.75, 3.05) is 27.9 Å². The van der Waals surface area contributed by atoms with Crippen molar-refractivity contribution < 1.29 is 23.7 Å². The van der Waals surface area contributed by atoms with Gasteiger partial charge in [-0.2, -0.15) is 5.10 Å². The fourth-order valence-corrected chi connectivity index (χ4v) is 2.10. The summed E-state index contributed by atoms with van der Waals surface area (Å²) in [6.45, 7) is -0.188. The molecule has 7 heteroatoms. The van der Waals surface area contributed by atoms with Crippen LogP contribution in [0.1, 0.15) is 5.56 Å². The van der Waals surface area contributed by atoms with Crippen LogP contribution in [0.2, 0.25) is 0 Å². The molecule has 0 aromatic heterocycles. The lowest BCUT2D eigenvalue weighted by atomic mass is 10.2. The van der Waals surface area contributed by atoms with Gasteiger partial charge in [0.05, 0.1) is 27.5 Å². The Kier molecular flexibility index (Phi) is 6.65.